The van der Waals surface area contributed by atoms with Gasteiger partial charge >= 0.3 is 6.18 Å². The first-order valence-corrected chi connectivity index (χ1v) is 12.6. The molecule has 3 N–H and O–H groups in total. The summed E-state index contributed by atoms with van der Waals surface area (Å²) in [7, 11) is 0. The molecule has 2 saturated carbocycles. The summed E-state index contributed by atoms with van der Waals surface area (Å²) in [4.78, 5) is 0. The van der Waals surface area contributed by atoms with Crippen LogP contribution in [-0.2, 0) is 0 Å². The number of nitrogens with one attached hydrogen (secondary N) is 3. The molecule has 3 heterocycles. The van der Waals surface area contributed by atoms with Crippen LogP contribution in [0.3, 0.4) is 0 Å². The molecule has 0 aromatic carbocycles. The van der Waals surface area contributed by atoms with E-state index in [9.17, 15) is 26.3 Å². The Balaban J connectivity index is 1.23. The number of hydrogen-bond donors (Lipinski definition) is 3. The third-order valence-electron chi connectivity index (χ3n) is 8.56. The second kappa shape index (κ2) is 8.55. The van der Waals surface area contributed by atoms with Gasteiger partial charge in [-0.15, -0.1) is 11.8 Å². The Morgan fingerprint density at radius 2 is 1.52 bits per heavy atom. The van der Waals surface area contributed by atoms with Crippen LogP contribution in [0.2, 0.25) is 0 Å². The van der Waals surface area contributed by atoms with Gasteiger partial charge in [-0.2, -0.15) is 13.2 Å². The predicted octanol–water partition coefficient (Wildman–Crippen LogP) is 3.74. The lowest BCUT2D eigenvalue weighted by molar-refractivity contribution is -0.132. The van der Waals surface area contributed by atoms with Crippen molar-refractivity contribution in [2.45, 2.75) is 92.0 Å². The van der Waals surface area contributed by atoms with Crippen molar-refractivity contribution in [1.82, 2.24) is 16.0 Å². The summed E-state index contributed by atoms with van der Waals surface area (Å²) in [6, 6.07) is -0.261. The van der Waals surface area contributed by atoms with E-state index >= 15 is 0 Å². The van der Waals surface area contributed by atoms with Crippen molar-refractivity contribution in [3.8, 4) is 0 Å². The molecule has 5 rings (SSSR count). The lowest BCUT2D eigenvalue weighted by atomic mass is 9.66. The van der Waals surface area contributed by atoms with Crippen LogP contribution in [0.4, 0.5) is 26.3 Å². The third kappa shape index (κ3) is 4.12. The molecule has 31 heavy (non-hydrogen) atoms. The van der Waals surface area contributed by atoms with E-state index in [1.54, 1.807) is 0 Å². The first-order chi connectivity index (χ1) is 14.7. The van der Waals surface area contributed by atoms with E-state index in [2.05, 4.69) is 16.0 Å². The molecule has 10 heteroatoms. The Kier molecular flexibility index (Phi) is 6.23. The van der Waals surface area contributed by atoms with Gasteiger partial charge in [0.15, 0.2) is 11.5 Å². The highest BCUT2D eigenvalue weighted by molar-refractivity contribution is 8.00. The first-order valence-electron chi connectivity index (χ1n) is 11.6. The zero-order valence-corrected chi connectivity index (χ0v) is 18.1. The summed E-state index contributed by atoms with van der Waals surface area (Å²) in [5, 5.41) is 7.98. The Morgan fingerprint density at radius 1 is 0.742 bits per heavy atom. The molecule has 0 bridgehead atoms. The minimum atomic E-state index is -4.23. The van der Waals surface area contributed by atoms with Crippen LogP contribution in [0, 0.1) is 23.7 Å². The van der Waals surface area contributed by atoms with Gasteiger partial charge in [0, 0.05) is 36.5 Å². The molecule has 3 nitrogen and oxygen atoms in total. The minimum Gasteiger partial charge on any atom is -0.311 e. The molecule has 3 aliphatic heterocycles. The molecule has 0 radical (unpaired) electrons. The van der Waals surface area contributed by atoms with Crippen molar-refractivity contribution in [1.29, 1.82) is 0 Å². The zero-order valence-electron chi connectivity index (χ0n) is 17.3. The summed E-state index contributed by atoms with van der Waals surface area (Å²) in [5.41, 5.74) is 0. The molecule has 2 aliphatic carbocycles. The molecule has 178 valence electrons. The molecule has 3 saturated heterocycles. The standard InChI is InChI=1S/C21H31F6N3S/c22-13-6-11-12(7-28-19(11)18(24)17(13)23)15-5-4-9-10(2-1-3-14(9)30-15)16-8-29-20(31-16)21(25,26)27/h9-20,28-30H,1-8H2. The molecule has 5 aliphatic rings. The zero-order chi connectivity index (χ0) is 21.9. The van der Waals surface area contributed by atoms with Gasteiger partial charge in [0.05, 0.1) is 0 Å². The highest BCUT2D eigenvalue weighted by Gasteiger charge is 2.55. The number of halogens is 6. The highest BCUT2D eigenvalue weighted by atomic mass is 32.2. The fourth-order valence-electron chi connectivity index (χ4n) is 7.13. The lowest BCUT2D eigenvalue weighted by Gasteiger charge is -2.48. The smallest absolute Gasteiger partial charge is 0.311 e. The molecule has 12 atom stereocenters. The highest BCUT2D eigenvalue weighted by Crippen LogP contribution is 2.48. The summed E-state index contributed by atoms with van der Waals surface area (Å²) in [6.07, 6.45) is -5.05. The fourth-order valence-corrected chi connectivity index (χ4v) is 8.56. The van der Waals surface area contributed by atoms with Gasteiger partial charge in [0.2, 0.25) is 0 Å². The topological polar surface area (TPSA) is 36.1 Å². The normalized spacial score (nSPS) is 53.2. The maximum atomic E-state index is 14.3. The second-order valence-corrected chi connectivity index (χ2v) is 11.5. The van der Waals surface area contributed by atoms with E-state index in [-0.39, 0.29) is 41.5 Å². The Morgan fingerprint density at radius 3 is 2.26 bits per heavy atom. The van der Waals surface area contributed by atoms with E-state index in [1.807, 2.05) is 0 Å². The number of rotatable bonds is 2. The maximum Gasteiger partial charge on any atom is 0.413 e. The average Bonchev–Trinajstić information content (AvgIpc) is 3.39. The van der Waals surface area contributed by atoms with Crippen LogP contribution < -0.4 is 16.0 Å². The summed E-state index contributed by atoms with van der Waals surface area (Å²) in [5.74, 6) is 0.435. The van der Waals surface area contributed by atoms with Crippen LogP contribution in [-0.4, -0.2) is 66.5 Å². The molecule has 0 spiro atoms. The summed E-state index contributed by atoms with van der Waals surface area (Å²) in [6.45, 7) is 0.950. The van der Waals surface area contributed by atoms with Gasteiger partial charge in [-0.3, -0.25) is 5.32 Å². The summed E-state index contributed by atoms with van der Waals surface area (Å²) < 4.78 is 81.5. The Hall–Kier alpha value is -0.190. The molecule has 0 aromatic heterocycles. The molecule has 5 fully saturated rings. The molecular weight excluding hydrogens is 440 g/mol. The number of alkyl halides is 6. The van der Waals surface area contributed by atoms with Gasteiger partial charge in [0.25, 0.3) is 0 Å². The summed E-state index contributed by atoms with van der Waals surface area (Å²) >= 11 is 1.03. The number of fused-ring (bicyclic) bond motifs is 2. The van der Waals surface area contributed by atoms with Crippen LogP contribution >= 0.6 is 11.8 Å². The first kappa shape index (κ1) is 22.6. The monoisotopic (exact) mass is 471 g/mol. The van der Waals surface area contributed by atoms with Gasteiger partial charge in [0.1, 0.15) is 12.3 Å². The molecular formula is C21H31F6N3S. The van der Waals surface area contributed by atoms with Gasteiger partial charge in [-0.05, 0) is 55.8 Å². The van der Waals surface area contributed by atoms with Crippen LogP contribution in [0.1, 0.15) is 38.5 Å². The molecule has 12 unspecified atom stereocenters. The minimum absolute atomic E-state index is 0.0327. The number of thioether (sulfide) groups is 1. The maximum absolute atomic E-state index is 14.3. The predicted molar refractivity (Wildman–Crippen MR) is 108 cm³/mol. The van der Waals surface area contributed by atoms with E-state index < -0.39 is 36.1 Å². The SMILES string of the molecule is FC1CC2C(C3CCC4C(CCCC4C4CNC(C(F)(F)F)S4)N3)CNC2C(F)C1F. The van der Waals surface area contributed by atoms with Crippen LogP contribution in [0.5, 0.6) is 0 Å². The van der Waals surface area contributed by atoms with Crippen molar-refractivity contribution in [2.24, 2.45) is 23.7 Å². The molecule has 0 aromatic rings. The van der Waals surface area contributed by atoms with E-state index in [0.717, 1.165) is 43.9 Å². The van der Waals surface area contributed by atoms with Crippen molar-refractivity contribution in [2.75, 3.05) is 13.1 Å². The third-order valence-corrected chi connectivity index (χ3v) is 10.1. The van der Waals surface area contributed by atoms with Crippen molar-refractivity contribution < 1.29 is 26.3 Å². The average molecular weight is 472 g/mol. The number of hydrogen-bond acceptors (Lipinski definition) is 4. The van der Waals surface area contributed by atoms with Gasteiger partial charge in [-0.1, -0.05) is 6.42 Å². The molecule has 0 amide bonds. The van der Waals surface area contributed by atoms with Crippen molar-refractivity contribution in [3.05, 3.63) is 0 Å². The lowest BCUT2D eigenvalue weighted by Crippen LogP contribution is -2.57. The van der Waals surface area contributed by atoms with Crippen molar-refractivity contribution in [3.63, 3.8) is 0 Å². The van der Waals surface area contributed by atoms with Crippen LogP contribution in [0.25, 0.3) is 0 Å². The van der Waals surface area contributed by atoms with E-state index in [4.69, 9.17) is 0 Å². The van der Waals surface area contributed by atoms with Gasteiger partial charge < -0.3 is 10.6 Å². The quantitative estimate of drug-likeness (QED) is 0.537. The Bertz CT molecular complexity index is 653. The number of piperidine rings is 1. The largest absolute Gasteiger partial charge is 0.413 e. The van der Waals surface area contributed by atoms with Crippen LogP contribution in [0.15, 0.2) is 0 Å². The van der Waals surface area contributed by atoms with E-state index in [1.165, 1.54) is 0 Å². The fraction of sp³-hybridized carbons (Fsp3) is 1.00. The Labute approximate surface area is 183 Å². The second-order valence-electron chi connectivity index (χ2n) is 10.1. The van der Waals surface area contributed by atoms with Crippen molar-refractivity contribution >= 4 is 11.8 Å². The van der Waals surface area contributed by atoms with E-state index in [0.29, 0.717) is 19.0 Å². The van der Waals surface area contributed by atoms with Gasteiger partial charge in [-0.25, -0.2) is 13.2 Å².